The first-order valence-electron chi connectivity index (χ1n) is 4.45. The average molecular weight is 229 g/mol. The Morgan fingerprint density at radius 3 is 2.33 bits per heavy atom. The topological polar surface area (TPSA) is 49.3 Å². The molecule has 88 valence electrons. The summed E-state index contributed by atoms with van der Waals surface area (Å²) in [5.74, 6) is -6.74. The summed E-state index contributed by atoms with van der Waals surface area (Å²) in [6.45, 7) is -0.409. The minimum Gasteiger partial charge on any atom is -0.388 e. The van der Waals surface area contributed by atoms with Crippen LogP contribution in [0.3, 0.4) is 0 Å². The molecule has 0 aromatic carbocycles. The van der Waals surface area contributed by atoms with Crippen LogP contribution in [0.15, 0.2) is 0 Å². The molecule has 0 bridgehead atoms. The third-order valence-corrected chi connectivity index (χ3v) is 2.44. The second-order valence-electron chi connectivity index (χ2n) is 3.68. The zero-order valence-electron chi connectivity index (χ0n) is 7.77. The molecular formula is C8H11F4NO2. The van der Waals surface area contributed by atoms with Gasteiger partial charge in [-0.25, -0.2) is 8.78 Å². The van der Waals surface area contributed by atoms with Gasteiger partial charge in [0.1, 0.15) is 0 Å². The molecule has 1 fully saturated rings. The Kier molecular flexibility index (Phi) is 3.22. The third kappa shape index (κ3) is 2.58. The number of alkyl halides is 4. The number of carbonyl (C=O) groups excluding carboxylic acids is 1. The van der Waals surface area contributed by atoms with Crippen LogP contribution in [-0.2, 0) is 4.79 Å². The highest BCUT2D eigenvalue weighted by Gasteiger charge is 2.49. The lowest BCUT2D eigenvalue weighted by atomic mass is 9.80. The predicted octanol–water partition coefficient (Wildman–Crippen LogP) is 0.918. The molecule has 7 heteroatoms. The molecule has 1 aliphatic carbocycles. The maximum absolute atomic E-state index is 12.4. The van der Waals surface area contributed by atoms with E-state index >= 15 is 0 Å². The summed E-state index contributed by atoms with van der Waals surface area (Å²) in [5.41, 5.74) is -1.20. The summed E-state index contributed by atoms with van der Waals surface area (Å²) in [7, 11) is 0. The molecule has 15 heavy (non-hydrogen) atoms. The summed E-state index contributed by atoms with van der Waals surface area (Å²) < 4.78 is 48.2. The fraction of sp³-hybridized carbons (Fsp3) is 0.875. The highest BCUT2D eigenvalue weighted by Crippen LogP contribution is 2.31. The lowest BCUT2D eigenvalue weighted by Gasteiger charge is -2.36. The van der Waals surface area contributed by atoms with E-state index in [1.807, 2.05) is 0 Å². The molecule has 1 amide bonds. The second-order valence-corrected chi connectivity index (χ2v) is 3.68. The molecule has 0 atom stereocenters. The minimum atomic E-state index is -4.69. The molecule has 0 aliphatic heterocycles. The number of halogens is 4. The van der Waals surface area contributed by atoms with Gasteiger partial charge in [-0.3, -0.25) is 4.79 Å². The van der Waals surface area contributed by atoms with Crippen molar-refractivity contribution < 1.29 is 27.5 Å². The van der Waals surface area contributed by atoms with Gasteiger partial charge >= 0.3 is 12.3 Å². The van der Waals surface area contributed by atoms with Gasteiger partial charge in [-0.1, -0.05) is 0 Å². The molecule has 1 saturated carbocycles. The van der Waals surface area contributed by atoms with Crippen LogP contribution in [-0.4, -0.2) is 35.5 Å². The van der Waals surface area contributed by atoms with Gasteiger partial charge in [-0.15, -0.1) is 0 Å². The molecule has 1 aliphatic rings. The molecular weight excluding hydrogens is 218 g/mol. The van der Waals surface area contributed by atoms with Crippen LogP contribution in [0.5, 0.6) is 0 Å². The Hall–Kier alpha value is -0.850. The van der Waals surface area contributed by atoms with Crippen molar-refractivity contribution in [3.63, 3.8) is 0 Å². The smallest absolute Gasteiger partial charge is 0.383 e. The molecule has 0 aromatic rings. The lowest BCUT2D eigenvalue weighted by Crippen LogP contribution is -2.53. The van der Waals surface area contributed by atoms with E-state index in [1.54, 1.807) is 5.32 Å². The van der Waals surface area contributed by atoms with Crippen molar-refractivity contribution in [2.45, 2.75) is 37.2 Å². The van der Waals surface area contributed by atoms with Gasteiger partial charge < -0.3 is 10.4 Å². The fourth-order valence-corrected chi connectivity index (χ4v) is 1.22. The quantitative estimate of drug-likeness (QED) is 0.704. The number of hydrogen-bond donors (Lipinski definition) is 2. The largest absolute Gasteiger partial charge is 0.388 e. The summed E-state index contributed by atoms with van der Waals surface area (Å²) >= 11 is 0. The number of rotatable bonds is 4. The van der Waals surface area contributed by atoms with E-state index in [4.69, 9.17) is 0 Å². The van der Waals surface area contributed by atoms with Crippen LogP contribution in [0, 0.1) is 0 Å². The van der Waals surface area contributed by atoms with E-state index in [2.05, 4.69) is 0 Å². The first-order valence-corrected chi connectivity index (χ1v) is 4.45. The van der Waals surface area contributed by atoms with Crippen molar-refractivity contribution in [3.05, 3.63) is 0 Å². The Bertz CT molecular complexity index is 253. The van der Waals surface area contributed by atoms with E-state index in [0.29, 0.717) is 12.8 Å². The molecule has 0 heterocycles. The second kappa shape index (κ2) is 3.96. The van der Waals surface area contributed by atoms with Crippen LogP contribution in [0.25, 0.3) is 0 Å². The van der Waals surface area contributed by atoms with Crippen molar-refractivity contribution >= 4 is 5.91 Å². The van der Waals surface area contributed by atoms with Crippen LogP contribution in [0.4, 0.5) is 17.6 Å². The molecule has 0 spiro atoms. The molecule has 0 unspecified atom stereocenters. The van der Waals surface area contributed by atoms with E-state index in [9.17, 15) is 27.5 Å². The molecule has 3 nitrogen and oxygen atoms in total. The van der Waals surface area contributed by atoms with E-state index < -0.39 is 30.4 Å². The number of carbonyl (C=O) groups is 1. The van der Waals surface area contributed by atoms with E-state index in [1.165, 1.54) is 0 Å². The van der Waals surface area contributed by atoms with Crippen LogP contribution >= 0.6 is 0 Å². The Balaban J connectivity index is 2.42. The van der Waals surface area contributed by atoms with Crippen LogP contribution in [0.2, 0.25) is 0 Å². The van der Waals surface area contributed by atoms with Crippen molar-refractivity contribution in [2.24, 2.45) is 0 Å². The number of hydrogen-bond acceptors (Lipinski definition) is 2. The monoisotopic (exact) mass is 229 g/mol. The Labute approximate surface area is 83.5 Å². The normalized spacial score (nSPS) is 19.9. The molecule has 0 saturated heterocycles. The van der Waals surface area contributed by atoms with E-state index in [-0.39, 0.29) is 0 Å². The summed E-state index contributed by atoms with van der Waals surface area (Å²) in [5, 5.41) is 11.0. The zero-order chi connectivity index (χ0) is 11.7. The molecule has 1 rings (SSSR count). The van der Waals surface area contributed by atoms with Crippen molar-refractivity contribution in [1.82, 2.24) is 5.32 Å². The highest BCUT2D eigenvalue weighted by atomic mass is 19.3. The van der Waals surface area contributed by atoms with Crippen molar-refractivity contribution in [1.29, 1.82) is 0 Å². The summed E-state index contributed by atoms with van der Waals surface area (Å²) in [4.78, 5) is 10.6. The maximum atomic E-state index is 12.4. The van der Waals surface area contributed by atoms with Crippen molar-refractivity contribution in [3.8, 4) is 0 Å². The van der Waals surface area contributed by atoms with Gasteiger partial charge in [0.15, 0.2) is 0 Å². The Morgan fingerprint density at radius 2 is 2.00 bits per heavy atom. The van der Waals surface area contributed by atoms with E-state index in [0.717, 1.165) is 6.42 Å². The Morgan fingerprint density at radius 1 is 1.47 bits per heavy atom. The number of nitrogens with one attached hydrogen (secondary N) is 1. The van der Waals surface area contributed by atoms with Gasteiger partial charge in [-0.2, -0.15) is 8.78 Å². The van der Waals surface area contributed by atoms with Crippen molar-refractivity contribution in [2.75, 3.05) is 6.54 Å². The lowest BCUT2D eigenvalue weighted by molar-refractivity contribution is -0.171. The number of amides is 1. The van der Waals surface area contributed by atoms with Gasteiger partial charge in [-0.05, 0) is 19.3 Å². The average Bonchev–Trinajstić information content (AvgIpc) is 2.10. The predicted molar refractivity (Wildman–Crippen MR) is 42.8 cm³/mol. The molecule has 2 N–H and O–H groups in total. The number of aliphatic hydroxyl groups is 1. The fourth-order valence-electron chi connectivity index (χ4n) is 1.22. The maximum Gasteiger partial charge on any atom is 0.383 e. The zero-order valence-corrected chi connectivity index (χ0v) is 7.77. The molecule has 0 radical (unpaired) electrons. The summed E-state index contributed by atoms with van der Waals surface area (Å²) in [6.07, 6.45) is -2.54. The highest BCUT2D eigenvalue weighted by molar-refractivity contribution is 5.83. The minimum absolute atomic E-state index is 0.382. The van der Waals surface area contributed by atoms with Gasteiger partial charge in [0.2, 0.25) is 0 Å². The third-order valence-electron chi connectivity index (χ3n) is 2.44. The van der Waals surface area contributed by atoms with Crippen LogP contribution < -0.4 is 5.32 Å². The van der Waals surface area contributed by atoms with Gasteiger partial charge in [0.25, 0.3) is 5.91 Å². The molecule has 0 aromatic heterocycles. The SMILES string of the molecule is O=C(NCC1(O)CCC1)C(F)(F)C(F)F. The van der Waals surface area contributed by atoms with Gasteiger partial charge in [0.05, 0.1) is 5.60 Å². The van der Waals surface area contributed by atoms with Crippen LogP contribution in [0.1, 0.15) is 19.3 Å². The first kappa shape index (κ1) is 12.2. The standard InChI is InChI=1S/C8H11F4NO2/c9-5(10)8(11,12)6(14)13-4-7(15)2-1-3-7/h5,15H,1-4H2,(H,13,14). The summed E-state index contributed by atoms with van der Waals surface area (Å²) in [6, 6.07) is 0. The first-order chi connectivity index (χ1) is 6.78. The van der Waals surface area contributed by atoms with Gasteiger partial charge in [0, 0.05) is 6.54 Å².